The Morgan fingerprint density at radius 3 is 2.73 bits per heavy atom. The first-order chi connectivity index (χ1) is 7.19. The summed E-state index contributed by atoms with van der Waals surface area (Å²) in [6, 6.07) is 6.19. The quantitative estimate of drug-likeness (QED) is 0.767. The summed E-state index contributed by atoms with van der Waals surface area (Å²) in [6.07, 6.45) is 0.496. The SMILES string of the molecule is COc1cc(C)cc(C)c1NCCC#N. The molecule has 0 aromatic heterocycles. The Morgan fingerprint density at radius 2 is 2.13 bits per heavy atom. The van der Waals surface area contributed by atoms with Crippen LogP contribution >= 0.6 is 0 Å². The number of hydrogen-bond acceptors (Lipinski definition) is 3. The second kappa shape index (κ2) is 5.26. The summed E-state index contributed by atoms with van der Waals surface area (Å²) in [5.74, 6) is 0.838. The molecule has 0 heterocycles. The molecule has 15 heavy (non-hydrogen) atoms. The Labute approximate surface area is 90.7 Å². The number of ether oxygens (including phenoxy) is 1. The maximum absolute atomic E-state index is 8.46. The number of aryl methyl sites for hydroxylation is 2. The molecule has 3 heteroatoms. The fourth-order valence-electron chi connectivity index (χ4n) is 1.56. The third kappa shape index (κ3) is 2.88. The molecule has 0 unspecified atom stereocenters. The van der Waals surface area contributed by atoms with Crippen LogP contribution in [0.4, 0.5) is 5.69 Å². The van der Waals surface area contributed by atoms with E-state index >= 15 is 0 Å². The van der Waals surface area contributed by atoms with Crippen LogP contribution in [0.3, 0.4) is 0 Å². The summed E-state index contributed by atoms with van der Waals surface area (Å²) in [7, 11) is 1.66. The Balaban J connectivity index is 2.90. The lowest BCUT2D eigenvalue weighted by Crippen LogP contribution is -2.04. The van der Waals surface area contributed by atoms with Crippen LogP contribution < -0.4 is 10.1 Å². The molecule has 0 bridgehead atoms. The highest BCUT2D eigenvalue weighted by molar-refractivity contribution is 5.63. The van der Waals surface area contributed by atoms with Gasteiger partial charge in [-0.15, -0.1) is 0 Å². The van der Waals surface area contributed by atoms with Crippen LogP contribution in [0.2, 0.25) is 0 Å². The minimum Gasteiger partial charge on any atom is -0.495 e. The third-order valence-electron chi connectivity index (χ3n) is 2.20. The fraction of sp³-hybridized carbons (Fsp3) is 0.417. The zero-order chi connectivity index (χ0) is 11.3. The highest BCUT2D eigenvalue weighted by Crippen LogP contribution is 2.29. The van der Waals surface area contributed by atoms with Gasteiger partial charge >= 0.3 is 0 Å². The van der Waals surface area contributed by atoms with Gasteiger partial charge in [-0.2, -0.15) is 5.26 Å². The molecule has 0 aliphatic rings. The molecule has 0 atom stereocenters. The van der Waals surface area contributed by atoms with Crippen LogP contribution in [0.25, 0.3) is 0 Å². The van der Waals surface area contributed by atoms with E-state index in [0.29, 0.717) is 13.0 Å². The lowest BCUT2D eigenvalue weighted by Gasteiger charge is -2.14. The minimum absolute atomic E-state index is 0.496. The average Bonchev–Trinajstić information content (AvgIpc) is 2.20. The summed E-state index contributed by atoms with van der Waals surface area (Å²) in [5.41, 5.74) is 3.30. The molecule has 1 aromatic carbocycles. The van der Waals surface area contributed by atoms with E-state index in [9.17, 15) is 0 Å². The molecule has 80 valence electrons. The van der Waals surface area contributed by atoms with Crippen molar-refractivity contribution < 1.29 is 4.74 Å². The second-order valence-corrected chi connectivity index (χ2v) is 3.49. The summed E-state index contributed by atoms with van der Waals surface area (Å²) < 4.78 is 5.29. The van der Waals surface area contributed by atoms with E-state index in [1.807, 2.05) is 19.9 Å². The van der Waals surface area contributed by atoms with Gasteiger partial charge in [-0.1, -0.05) is 6.07 Å². The molecule has 3 nitrogen and oxygen atoms in total. The highest BCUT2D eigenvalue weighted by atomic mass is 16.5. The van der Waals surface area contributed by atoms with E-state index in [-0.39, 0.29) is 0 Å². The van der Waals surface area contributed by atoms with Crippen molar-refractivity contribution in [2.24, 2.45) is 0 Å². The first-order valence-corrected chi connectivity index (χ1v) is 4.95. The van der Waals surface area contributed by atoms with Crippen molar-refractivity contribution >= 4 is 5.69 Å². The van der Waals surface area contributed by atoms with E-state index in [1.165, 1.54) is 5.56 Å². The third-order valence-corrected chi connectivity index (χ3v) is 2.20. The van der Waals surface area contributed by atoms with Crippen molar-refractivity contribution in [2.45, 2.75) is 20.3 Å². The Bertz CT molecular complexity index is 380. The predicted molar refractivity (Wildman–Crippen MR) is 61.2 cm³/mol. The maximum Gasteiger partial charge on any atom is 0.142 e. The van der Waals surface area contributed by atoms with E-state index in [4.69, 9.17) is 10.00 Å². The van der Waals surface area contributed by atoms with Crippen LogP contribution in [0.5, 0.6) is 5.75 Å². The van der Waals surface area contributed by atoms with Crippen LogP contribution in [0, 0.1) is 25.2 Å². The fourth-order valence-corrected chi connectivity index (χ4v) is 1.56. The number of rotatable bonds is 4. The molecule has 0 saturated heterocycles. The van der Waals surface area contributed by atoms with Gasteiger partial charge in [-0.3, -0.25) is 0 Å². The van der Waals surface area contributed by atoms with Crippen molar-refractivity contribution in [1.82, 2.24) is 0 Å². The van der Waals surface area contributed by atoms with Crippen LogP contribution in [0.1, 0.15) is 17.5 Å². The summed E-state index contributed by atoms with van der Waals surface area (Å²) in [6.45, 7) is 4.72. The Hall–Kier alpha value is -1.69. The molecule has 0 aliphatic carbocycles. The molecule has 0 aliphatic heterocycles. The van der Waals surface area contributed by atoms with Crippen molar-refractivity contribution in [3.63, 3.8) is 0 Å². The number of benzene rings is 1. The largest absolute Gasteiger partial charge is 0.495 e. The van der Waals surface area contributed by atoms with Crippen LogP contribution in [-0.4, -0.2) is 13.7 Å². The molecule has 1 N–H and O–H groups in total. The topological polar surface area (TPSA) is 45.0 Å². The van der Waals surface area contributed by atoms with Gasteiger partial charge in [0.2, 0.25) is 0 Å². The van der Waals surface area contributed by atoms with Gasteiger partial charge in [-0.05, 0) is 31.0 Å². The number of methoxy groups -OCH3 is 1. The van der Waals surface area contributed by atoms with Crippen molar-refractivity contribution in [3.05, 3.63) is 23.3 Å². The first kappa shape index (κ1) is 11.4. The summed E-state index contributed by atoms with van der Waals surface area (Å²) in [4.78, 5) is 0. The van der Waals surface area contributed by atoms with Crippen molar-refractivity contribution in [1.29, 1.82) is 5.26 Å². The van der Waals surface area contributed by atoms with Gasteiger partial charge in [-0.25, -0.2) is 0 Å². The number of anilines is 1. The number of nitrogens with one attached hydrogen (secondary N) is 1. The monoisotopic (exact) mass is 204 g/mol. The lowest BCUT2D eigenvalue weighted by molar-refractivity contribution is 0.416. The minimum atomic E-state index is 0.496. The zero-order valence-electron chi connectivity index (χ0n) is 9.42. The number of nitriles is 1. The molecule has 1 aromatic rings. The van der Waals surface area contributed by atoms with Gasteiger partial charge in [0.15, 0.2) is 0 Å². The average molecular weight is 204 g/mol. The molecule has 0 amide bonds. The van der Waals surface area contributed by atoms with Crippen LogP contribution in [0.15, 0.2) is 12.1 Å². The van der Waals surface area contributed by atoms with E-state index in [1.54, 1.807) is 7.11 Å². The standard InChI is InChI=1S/C12H16N2O/c1-9-7-10(2)12(11(8-9)15-3)14-6-4-5-13/h7-8,14H,4,6H2,1-3H3. The number of nitrogens with zero attached hydrogens (tertiary/aromatic N) is 1. The van der Waals surface area contributed by atoms with E-state index in [2.05, 4.69) is 17.5 Å². The molecular weight excluding hydrogens is 188 g/mol. The number of hydrogen-bond donors (Lipinski definition) is 1. The van der Waals surface area contributed by atoms with E-state index in [0.717, 1.165) is 17.0 Å². The van der Waals surface area contributed by atoms with Crippen molar-refractivity contribution in [3.8, 4) is 11.8 Å². The van der Waals surface area contributed by atoms with Gasteiger partial charge in [0.25, 0.3) is 0 Å². The van der Waals surface area contributed by atoms with Gasteiger partial charge in [0.05, 0.1) is 25.3 Å². The van der Waals surface area contributed by atoms with Crippen molar-refractivity contribution in [2.75, 3.05) is 19.0 Å². The molecule has 1 rings (SSSR count). The molecule has 0 spiro atoms. The molecule has 0 saturated carbocycles. The Kier molecular flexibility index (Phi) is 3.99. The maximum atomic E-state index is 8.46. The second-order valence-electron chi connectivity index (χ2n) is 3.49. The molecule has 0 radical (unpaired) electrons. The summed E-state index contributed by atoms with van der Waals surface area (Å²) in [5, 5.41) is 11.7. The molecule has 0 fully saturated rings. The normalized spacial score (nSPS) is 9.47. The van der Waals surface area contributed by atoms with Gasteiger partial charge in [0, 0.05) is 6.54 Å². The van der Waals surface area contributed by atoms with Gasteiger partial charge < -0.3 is 10.1 Å². The van der Waals surface area contributed by atoms with Gasteiger partial charge in [0.1, 0.15) is 5.75 Å². The van der Waals surface area contributed by atoms with Crippen LogP contribution in [-0.2, 0) is 0 Å². The lowest BCUT2D eigenvalue weighted by atomic mass is 10.1. The zero-order valence-corrected chi connectivity index (χ0v) is 9.42. The smallest absolute Gasteiger partial charge is 0.142 e. The highest BCUT2D eigenvalue weighted by Gasteiger charge is 2.06. The molecular formula is C12H16N2O. The van der Waals surface area contributed by atoms with E-state index < -0.39 is 0 Å². The predicted octanol–water partition coefficient (Wildman–Crippen LogP) is 2.64. The first-order valence-electron chi connectivity index (χ1n) is 4.95. The Morgan fingerprint density at radius 1 is 1.40 bits per heavy atom. The summed E-state index contributed by atoms with van der Waals surface area (Å²) >= 11 is 0.